The van der Waals surface area contributed by atoms with Crippen molar-refractivity contribution in [1.82, 2.24) is 15.0 Å². The number of hydrogen-bond acceptors (Lipinski definition) is 5. The molecule has 8 nitrogen and oxygen atoms in total. The summed E-state index contributed by atoms with van der Waals surface area (Å²) >= 11 is 0. The lowest BCUT2D eigenvalue weighted by molar-refractivity contribution is -0.849. The van der Waals surface area contributed by atoms with E-state index in [1.54, 1.807) is 48.7 Å². The topological polar surface area (TPSA) is 118 Å². The summed E-state index contributed by atoms with van der Waals surface area (Å²) in [6.45, 7) is 0. The summed E-state index contributed by atoms with van der Waals surface area (Å²) in [5.41, 5.74) is 2.71. The summed E-state index contributed by atoms with van der Waals surface area (Å²) in [5.74, 6) is 2.81. The van der Waals surface area contributed by atoms with Gasteiger partial charge < -0.3 is 25.7 Å². The molecule has 4 fully saturated rings. The number of phenols is 1. The quantitative estimate of drug-likeness (QED) is 0.239. The highest BCUT2D eigenvalue weighted by Crippen LogP contribution is 2.55. The highest BCUT2D eigenvalue weighted by molar-refractivity contribution is 6.05. The largest absolute Gasteiger partial charge is 0.628 e. The fraction of sp³-hybridized carbons (Fsp3) is 0.345. The fourth-order valence-corrected chi connectivity index (χ4v) is 7.46. The van der Waals surface area contributed by atoms with Crippen LogP contribution in [0.4, 0.5) is 11.5 Å². The summed E-state index contributed by atoms with van der Waals surface area (Å²) in [4.78, 5) is 24.7. The monoisotopic (exact) mass is 495 g/mol. The highest BCUT2D eigenvalue weighted by atomic mass is 16.5. The van der Waals surface area contributed by atoms with E-state index in [1.165, 1.54) is 19.3 Å². The molecule has 8 heteroatoms. The van der Waals surface area contributed by atoms with Gasteiger partial charge in [-0.25, -0.2) is 9.97 Å². The maximum Gasteiger partial charge on any atom is 0.256 e. The molecule has 4 aromatic rings. The maximum atomic E-state index is 13.7. The van der Waals surface area contributed by atoms with Crippen molar-refractivity contribution in [1.29, 1.82) is 0 Å². The van der Waals surface area contributed by atoms with E-state index < -0.39 is 0 Å². The Morgan fingerprint density at radius 2 is 1.78 bits per heavy atom. The molecule has 1 unspecified atom stereocenters. The number of phenolic OH excluding ortho intramolecular Hbond substituents is 1. The van der Waals surface area contributed by atoms with Crippen molar-refractivity contribution in [2.75, 3.05) is 5.32 Å². The van der Waals surface area contributed by atoms with Gasteiger partial charge in [0.05, 0.1) is 11.0 Å². The first-order valence-electron chi connectivity index (χ1n) is 13.1. The van der Waals surface area contributed by atoms with Crippen molar-refractivity contribution in [3.63, 3.8) is 0 Å². The lowest BCUT2D eigenvalue weighted by Crippen LogP contribution is -3.13. The number of carbonyl (C=O) groups is 1. The van der Waals surface area contributed by atoms with E-state index in [1.807, 2.05) is 12.1 Å². The van der Waals surface area contributed by atoms with Crippen molar-refractivity contribution >= 4 is 28.4 Å². The molecule has 37 heavy (non-hydrogen) atoms. The van der Waals surface area contributed by atoms with Crippen LogP contribution < -0.4 is 10.4 Å². The van der Waals surface area contributed by atoms with Gasteiger partial charge in [0.1, 0.15) is 17.2 Å². The number of hydroxylamine groups is 1. The minimum absolute atomic E-state index is 0.00845. The summed E-state index contributed by atoms with van der Waals surface area (Å²) in [7, 11) is 0. The Labute approximate surface area is 214 Å². The molecule has 4 N–H and O–H groups in total. The molecule has 8 rings (SSSR count). The molecule has 2 aromatic heterocycles. The molecule has 0 spiro atoms. The molecule has 0 aliphatic heterocycles. The van der Waals surface area contributed by atoms with Crippen LogP contribution in [0.3, 0.4) is 0 Å². The van der Waals surface area contributed by atoms with Gasteiger partial charge in [-0.3, -0.25) is 4.79 Å². The molecule has 4 aliphatic carbocycles. The minimum Gasteiger partial charge on any atom is -0.628 e. The Morgan fingerprint density at radius 1 is 1.03 bits per heavy atom. The molecule has 4 aliphatic rings. The van der Waals surface area contributed by atoms with Crippen molar-refractivity contribution in [3.8, 4) is 17.1 Å². The molecule has 1 atom stereocenters. The van der Waals surface area contributed by atoms with Crippen molar-refractivity contribution < 1.29 is 15.0 Å². The van der Waals surface area contributed by atoms with Crippen LogP contribution >= 0.6 is 0 Å². The van der Waals surface area contributed by atoms with Gasteiger partial charge in [-0.05, 0) is 79.5 Å². The van der Waals surface area contributed by atoms with E-state index in [-0.39, 0.29) is 22.3 Å². The second-order valence-corrected chi connectivity index (χ2v) is 11.2. The predicted octanol–water partition coefficient (Wildman–Crippen LogP) is 4.57. The number of imidazole rings is 1. The normalized spacial score (nSPS) is 26.9. The fourth-order valence-electron chi connectivity index (χ4n) is 7.46. The summed E-state index contributed by atoms with van der Waals surface area (Å²) in [5, 5.41) is 27.5. The molecule has 4 bridgehead atoms. The van der Waals surface area contributed by atoms with E-state index >= 15 is 0 Å². The highest BCUT2D eigenvalue weighted by Gasteiger charge is 2.55. The number of benzene rings is 2. The van der Waals surface area contributed by atoms with Crippen molar-refractivity contribution in [2.45, 2.75) is 44.1 Å². The third kappa shape index (κ3) is 3.88. The zero-order valence-electron chi connectivity index (χ0n) is 20.4. The van der Waals surface area contributed by atoms with Crippen LogP contribution in [0.1, 0.15) is 48.9 Å². The van der Waals surface area contributed by atoms with Gasteiger partial charge in [-0.1, -0.05) is 6.07 Å². The van der Waals surface area contributed by atoms with Crippen LogP contribution in [-0.4, -0.2) is 31.5 Å². The van der Waals surface area contributed by atoms with E-state index in [4.69, 9.17) is 0 Å². The molecule has 2 heterocycles. The predicted molar refractivity (Wildman–Crippen MR) is 140 cm³/mol. The number of pyridine rings is 1. The third-order valence-electron chi connectivity index (χ3n) is 8.69. The van der Waals surface area contributed by atoms with E-state index in [0.717, 1.165) is 19.3 Å². The first kappa shape index (κ1) is 22.4. The van der Waals surface area contributed by atoms with Gasteiger partial charge in [0.15, 0.2) is 11.4 Å². The van der Waals surface area contributed by atoms with Crippen LogP contribution in [0.15, 0.2) is 60.8 Å². The Morgan fingerprint density at radius 3 is 2.46 bits per heavy atom. The van der Waals surface area contributed by atoms with Crippen LogP contribution in [0.2, 0.25) is 0 Å². The van der Waals surface area contributed by atoms with Gasteiger partial charge >= 0.3 is 0 Å². The molecule has 0 radical (unpaired) electrons. The number of nitrogens with one attached hydrogen (secondary N) is 3. The summed E-state index contributed by atoms with van der Waals surface area (Å²) < 4.78 is 0. The van der Waals surface area contributed by atoms with E-state index in [2.05, 4.69) is 20.3 Å². The number of rotatable bonds is 5. The number of aromatic amines is 1. The second kappa shape index (κ2) is 8.39. The van der Waals surface area contributed by atoms with Gasteiger partial charge in [-0.2, -0.15) is 0 Å². The second-order valence-electron chi connectivity index (χ2n) is 11.2. The standard InChI is InChI=1S/C29H29N5O3/c35-25-13-20(5-7-24(25)34(37)29-14-17-9-18(15-29)11-19(10-17)16-29)27-31-22-6-4-21(12-23(22)32-27)28(36)33-26-3-1-2-8-30-26/h1-8,12-13,17-19,34-35H,9-11,14-16H2,(H,31,32)(H,30,33,36). The number of hydrogen-bond donors (Lipinski definition) is 4. The average molecular weight is 496 g/mol. The Balaban J connectivity index is 1.14. The number of aromatic nitrogens is 3. The van der Waals surface area contributed by atoms with Gasteiger partial charge in [0.25, 0.3) is 5.91 Å². The third-order valence-corrected chi connectivity index (χ3v) is 8.69. The number of carbonyl (C=O) groups excluding carboxylic acids is 1. The number of nitrogens with zero attached hydrogens (tertiary/aromatic N) is 2. The molecule has 188 valence electrons. The van der Waals surface area contributed by atoms with Gasteiger partial charge in [0, 0.05) is 42.7 Å². The number of quaternary nitrogens is 1. The zero-order valence-corrected chi connectivity index (χ0v) is 20.4. The zero-order chi connectivity index (χ0) is 25.1. The Bertz CT molecular complexity index is 1460. The number of fused-ring (bicyclic) bond motifs is 1. The number of anilines is 1. The first-order valence-corrected chi connectivity index (χ1v) is 13.1. The lowest BCUT2D eigenvalue weighted by Gasteiger charge is -2.59. The molecule has 4 saturated carbocycles. The van der Waals surface area contributed by atoms with Crippen molar-refractivity contribution in [2.24, 2.45) is 17.8 Å². The molecule has 1 amide bonds. The van der Waals surface area contributed by atoms with Crippen molar-refractivity contribution in [3.05, 3.63) is 71.6 Å². The van der Waals surface area contributed by atoms with E-state index in [0.29, 0.717) is 57.2 Å². The van der Waals surface area contributed by atoms with Gasteiger partial charge in [0.2, 0.25) is 0 Å². The Kier molecular flexibility index (Phi) is 5.09. The van der Waals surface area contributed by atoms with Gasteiger partial charge in [-0.15, -0.1) is 0 Å². The number of amides is 1. The number of aromatic hydroxyl groups is 1. The average Bonchev–Trinajstić information content (AvgIpc) is 3.32. The Hall–Kier alpha value is -3.75. The molecule has 2 aromatic carbocycles. The minimum atomic E-state index is -0.292. The van der Waals surface area contributed by atoms with Crippen LogP contribution in [0.25, 0.3) is 22.4 Å². The molecular formula is C29H29N5O3. The first-order chi connectivity index (χ1) is 18.0. The SMILES string of the molecule is O=C(Nc1ccccn1)c1ccc2nc(-c3ccc([NH+]([O-])C45CC6CC(CC(C6)C4)C5)c(O)c3)[nH]c2c1. The molecule has 0 saturated heterocycles. The van der Waals surface area contributed by atoms with Crippen LogP contribution in [0, 0.1) is 23.0 Å². The van der Waals surface area contributed by atoms with Crippen LogP contribution in [-0.2, 0) is 0 Å². The van der Waals surface area contributed by atoms with E-state index in [9.17, 15) is 15.1 Å². The summed E-state index contributed by atoms with van der Waals surface area (Å²) in [6, 6.07) is 15.8. The molecular weight excluding hydrogens is 466 g/mol. The maximum absolute atomic E-state index is 13.7. The lowest BCUT2D eigenvalue weighted by atomic mass is 9.53. The smallest absolute Gasteiger partial charge is 0.256 e. The number of H-pyrrole nitrogens is 1. The van der Waals surface area contributed by atoms with Crippen LogP contribution in [0.5, 0.6) is 5.75 Å². The summed E-state index contributed by atoms with van der Waals surface area (Å²) in [6.07, 6.45) is 8.36.